The summed E-state index contributed by atoms with van der Waals surface area (Å²) in [4.78, 5) is 33.6. The van der Waals surface area contributed by atoms with Gasteiger partial charge in [-0.3, -0.25) is 15.1 Å². The maximum atomic E-state index is 12.0. The van der Waals surface area contributed by atoms with Crippen LogP contribution in [0.1, 0.15) is 33.1 Å². The minimum absolute atomic E-state index is 0.0322. The Labute approximate surface area is 190 Å². The summed E-state index contributed by atoms with van der Waals surface area (Å²) in [6, 6.07) is 4.64. The summed E-state index contributed by atoms with van der Waals surface area (Å²) in [5.41, 5.74) is 2.64. The molecule has 33 heavy (non-hydrogen) atoms. The Morgan fingerprint density at radius 2 is 2.12 bits per heavy atom. The van der Waals surface area contributed by atoms with Gasteiger partial charge in [0.1, 0.15) is 0 Å². The molecule has 1 unspecified atom stereocenters. The van der Waals surface area contributed by atoms with E-state index < -0.39 is 11.0 Å². The number of likely N-dealkylation sites (tertiary alicyclic amines) is 1. The molecule has 11 heteroatoms. The lowest BCUT2D eigenvalue weighted by atomic mass is 10.1. The highest BCUT2D eigenvalue weighted by Gasteiger charge is 2.26. The Bertz CT molecular complexity index is 1120. The number of nitrogens with one attached hydrogen (secondary N) is 1. The number of allylic oxidation sites excluding steroid dienone is 1. The quantitative estimate of drug-likeness (QED) is 0.504. The third-order valence-corrected chi connectivity index (χ3v) is 5.96. The van der Waals surface area contributed by atoms with Gasteiger partial charge in [0, 0.05) is 37.0 Å². The fourth-order valence-corrected chi connectivity index (χ4v) is 4.17. The van der Waals surface area contributed by atoms with Gasteiger partial charge in [-0.15, -0.1) is 0 Å². The topological polar surface area (TPSA) is 135 Å². The van der Waals surface area contributed by atoms with Crippen molar-refractivity contribution < 1.29 is 19.6 Å². The second-order valence-electron chi connectivity index (χ2n) is 8.26. The smallest absolute Gasteiger partial charge is 0.409 e. The minimum atomic E-state index is -0.690. The van der Waals surface area contributed by atoms with E-state index in [4.69, 9.17) is 4.74 Å². The van der Waals surface area contributed by atoms with Crippen LogP contribution in [0.25, 0.3) is 11.0 Å². The SMILES string of the molecule is CCOC(=O)N1CCC(Nc2nc3cc([N+](=O)[O-])ccc3n2CC2=NC(C)=CCC2O)CC1. The molecular weight excluding hydrogens is 428 g/mol. The molecule has 0 aliphatic carbocycles. The Balaban J connectivity index is 1.60. The molecule has 1 atom stereocenters. The van der Waals surface area contributed by atoms with Crippen LogP contribution in [-0.2, 0) is 11.3 Å². The molecule has 1 fully saturated rings. The summed E-state index contributed by atoms with van der Waals surface area (Å²) in [5, 5.41) is 25.1. The van der Waals surface area contributed by atoms with Gasteiger partial charge in [0.05, 0.1) is 40.9 Å². The van der Waals surface area contributed by atoms with Crippen molar-refractivity contribution in [1.82, 2.24) is 14.5 Å². The molecule has 3 heterocycles. The predicted octanol–water partition coefficient (Wildman–Crippen LogP) is 3.09. The number of piperidine rings is 1. The van der Waals surface area contributed by atoms with Crippen LogP contribution in [-0.4, -0.2) is 68.1 Å². The van der Waals surface area contributed by atoms with E-state index in [2.05, 4.69) is 15.3 Å². The van der Waals surface area contributed by atoms with Gasteiger partial charge in [0.15, 0.2) is 0 Å². The number of rotatable bonds is 6. The third kappa shape index (κ3) is 4.98. The molecule has 2 N–H and O–H groups in total. The highest BCUT2D eigenvalue weighted by molar-refractivity contribution is 5.92. The molecule has 0 bridgehead atoms. The maximum Gasteiger partial charge on any atom is 0.409 e. The van der Waals surface area contributed by atoms with Crippen LogP contribution >= 0.6 is 0 Å². The zero-order valence-electron chi connectivity index (χ0n) is 18.7. The normalized spacial score (nSPS) is 19.2. The van der Waals surface area contributed by atoms with E-state index in [0.717, 1.165) is 5.70 Å². The van der Waals surface area contributed by atoms with Gasteiger partial charge in [-0.05, 0) is 39.2 Å². The molecule has 11 nitrogen and oxygen atoms in total. The highest BCUT2D eigenvalue weighted by atomic mass is 16.6. The lowest BCUT2D eigenvalue weighted by Crippen LogP contribution is -2.43. The van der Waals surface area contributed by atoms with Crippen LogP contribution < -0.4 is 5.32 Å². The average molecular weight is 457 g/mol. The molecule has 0 radical (unpaired) electrons. The standard InChI is InChI=1S/C22H28N6O5/c1-3-33-22(30)26-10-8-15(9-11-26)24-21-25-17-12-16(28(31)32)5-6-19(17)27(21)13-18-20(29)7-4-14(2)23-18/h4-6,12,15,20,29H,3,7-11,13H2,1-2H3,(H,24,25). The van der Waals surface area contributed by atoms with Crippen LogP contribution in [0.4, 0.5) is 16.4 Å². The van der Waals surface area contributed by atoms with E-state index in [1.165, 1.54) is 12.1 Å². The van der Waals surface area contributed by atoms with E-state index in [1.54, 1.807) is 17.9 Å². The zero-order chi connectivity index (χ0) is 23.5. The molecule has 2 aromatic rings. The van der Waals surface area contributed by atoms with Crippen molar-refractivity contribution in [3.05, 3.63) is 40.1 Å². The van der Waals surface area contributed by atoms with Crippen LogP contribution in [0.15, 0.2) is 35.0 Å². The van der Waals surface area contributed by atoms with Crippen molar-refractivity contribution in [1.29, 1.82) is 0 Å². The first-order valence-corrected chi connectivity index (χ1v) is 11.1. The van der Waals surface area contributed by atoms with Gasteiger partial charge in [0.2, 0.25) is 5.95 Å². The third-order valence-electron chi connectivity index (χ3n) is 5.96. The Hall–Kier alpha value is -3.47. The van der Waals surface area contributed by atoms with Crippen molar-refractivity contribution in [2.75, 3.05) is 25.0 Å². The highest BCUT2D eigenvalue weighted by Crippen LogP contribution is 2.27. The number of aromatic nitrogens is 2. The van der Waals surface area contributed by atoms with Crippen LogP contribution in [0.5, 0.6) is 0 Å². The summed E-state index contributed by atoms with van der Waals surface area (Å²) in [5.74, 6) is 0.558. The second-order valence-corrected chi connectivity index (χ2v) is 8.26. The Morgan fingerprint density at radius 3 is 2.82 bits per heavy atom. The molecule has 176 valence electrons. The lowest BCUT2D eigenvalue weighted by molar-refractivity contribution is -0.384. The molecule has 0 spiro atoms. The van der Waals surface area contributed by atoms with Gasteiger partial charge in [-0.1, -0.05) is 6.08 Å². The number of non-ortho nitro benzene ring substituents is 1. The van der Waals surface area contributed by atoms with Gasteiger partial charge in [-0.25, -0.2) is 9.78 Å². The first-order chi connectivity index (χ1) is 15.9. The van der Waals surface area contributed by atoms with E-state index >= 15 is 0 Å². The average Bonchev–Trinajstić information content (AvgIpc) is 3.13. The Kier molecular flexibility index (Phi) is 6.59. The molecule has 1 aromatic heterocycles. The lowest BCUT2D eigenvalue weighted by Gasteiger charge is -2.32. The van der Waals surface area contributed by atoms with Gasteiger partial charge in [-0.2, -0.15) is 0 Å². The van der Waals surface area contributed by atoms with E-state index in [9.17, 15) is 20.0 Å². The van der Waals surface area contributed by atoms with Gasteiger partial charge >= 0.3 is 6.09 Å². The number of ether oxygens (including phenoxy) is 1. The molecule has 0 saturated carbocycles. The number of carbonyl (C=O) groups excluding carboxylic acids is 1. The molecule has 2 aliphatic rings. The largest absolute Gasteiger partial charge is 0.450 e. The summed E-state index contributed by atoms with van der Waals surface area (Å²) in [7, 11) is 0. The Morgan fingerprint density at radius 1 is 1.36 bits per heavy atom. The fourth-order valence-electron chi connectivity index (χ4n) is 4.17. The second kappa shape index (κ2) is 9.57. The van der Waals surface area contributed by atoms with Gasteiger partial charge < -0.3 is 24.6 Å². The number of amides is 1. The number of nitrogens with zero attached hydrogens (tertiary/aromatic N) is 5. The number of benzene rings is 1. The van der Waals surface area contributed by atoms with Crippen LogP contribution in [0, 0.1) is 10.1 Å². The van der Waals surface area contributed by atoms with Crippen molar-refractivity contribution in [2.45, 2.75) is 51.8 Å². The fraction of sp³-hybridized carbons (Fsp3) is 0.500. The van der Waals surface area contributed by atoms with E-state index in [-0.39, 0.29) is 17.8 Å². The summed E-state index contributed by atoms with van der Waals surface area (Å²) in [6.07, 6.45) is 2.83. The number of hydrogen-bond acceptors (Lipinski definition) is 8. The van der Waals surface area contributed by atoms with Crippen molar-refractivity contribution in [2.24, 2.45) is 4.99 Å². The first kappa shape index (κ1) is 22.7. The number of fused-ring (bicyclic) bond motifs is 1. The molecule has 2 aliphatic heterocycles. The van der Waals surface area contributed by atoms with Crippen molar-refractivity contribution >= 4 is 34.5 Å². The summed E-state index contributed by atoms with van der Waals surface area (Å²) < 4.78 is 6.98. The monoisotopic (exact) mass is 456 g/mol. The number of imidazole rings is 1. The van der Waals surface area contributed by atoms with Crippen molar-refractivity contribution in [3.8, 4) is 0 Å². The number of carbonyl (C=O) groups is 1. The molecule has 1 saturated heterocycles. The maximum absolute atomic E-state index is 12.0. The number of nitro benzene ring substituents is 1. The van der Waals surface area contributed by atoms with Gasteiger partial charge in [0.25, 0.3) is 5.69 Å². The summed E-state index contributed by atoms with van der Waals surface area (Å²) in [6.45, 7) is 5.46. The molecule has 1 aromatic carbocycles. The summed E-state index contributed by atoms with van der Waals surface area (Å²) >= 11 is 0. The van der Waals surface area contributed by atoms with Crippen molar-refractivity contribution in [3.63, 3.8) is 0 Å². The number of nitro groups is 1. The molecule has 1 amide bonds. The van der Waals surface area contributed by atoms with E-state index in [1.807, 2.05) is 17.6 Å². The van der Waals surface area contributed by atoms with Crippen LogP contribution in [0.3, 0.4) is 0 Å². The number of hydrogen-bond donors (Lipinski definition) is 2. The first-order valence-electron chi connectivity index (χ1n) is 11.1. The minimum Gasteiger partial charge on any atom is -0.450 e. The number of anilines is 1. The van der Waals surface area contributed by atoms with E-state index in [0.29, 0.717) is 68.2 Å². The number of aliphatic hydroxyl groups is 1. The predicted molar refractivity (Wildman–Crippen MR) is 123 cm³/mol. The molecule has 4 rings (SSSR count). The van der Waals surface area contributed by atoms with Crippen LogP contribution in [0.2, 0.25) is 0 Å². The zero-order valence-corrected chi connectivity index (χ0v) is 18.7. The number of aliphatic hydroxyl groups excluding tert-OH is 1. The number of aliphatic imine (C=N–C) groups is 1. The molecular formula is C22H28N6O5.